The summed E-state index contributed by atoms with van der Waals surface area (Å²) in [5.74, 6) is 1.20. The Morgan fingerprint density at radius 1 is 1.09 bits per heavy atom. The van der Waals surface area contributed by atoms with Crippen molar-refractivity contribution >= 4 is 10.0 Å². The molecule has 0 fully saturated rings. The van der Waals surface area contributed by atoms with Gasteiger partial charge in [0.2, 0.25) is 10.0 Å². The number of hydrogen-bond donors (Lipinski definition) is 1. The second kappa shape index (κ2) is 7.77. The third-order valence-corrected chi connectivity index (χ3v) is 4.17. The first-order chi connectivity index (χ1) is 10.6. The molecule has 0 bridgehead atoms. The number of methoxy groups -OCH3 is 1. The highest BCUT2D eigenvalue weighted by Crippen LogP contribution is 2.16. The van der Waals surface area contributed by atoms with Gasteiger partial charge in [-0.25, -0.2) is 13.1 Å². The van der Waals surface area contributed by atoms with E-state index in [1.807, 2.05) is 6.07 Å². The lowest BCUT2D eigenvalue weighted by atomic mass is 10.3. The normalized spacial score (nSPS) is 11.1. The van der Waals surface area contributed by atoms with Gasteiger partial charge in [0, 0.05) is 6.20 Å². The summed E-state index contributed by atoms with van der Waals surface area (Å²) in [6, 6.07) is 12.3. The molecule has 22 heavy (non-hydrogen) atoms. The van der Waals surface area contributed by atoms with Crippen LogP contribution in [-0.2, 0) is 16.6 Å². The van der Waals surface area contributed by atoms with Crippen LogP contribution in [0.3, 0.4) is 0 Å². The van der Waals surface area contributed by atoms with Crippen LogP contribution in [-0.4, -0.2) is 32.9 Å². The van der Waals surface area contributed by atoms with Crippen LogP contribution in [0.25, 0.3) is 0 Å². The lowest BCUT2D eigenvalue weighted by Gasteiger charge is -2.08. The minimum atomic E-state index is -3.40. The molecule has 0 aliphatic heterocycles. The summed E-state index contributed by atoms with van der Waals surface area (Å²) >= 11 is 0. The number of benzene rings is 1. The van der Waals surface area contributed by atoms with Gasteiger partial charge in [-0.2, -0.15) is 0 Å². The minimum absolute atomic E-state index is 0.0733. The highest BCUT2D eigenvalue weighted by molar-refractivity contribution is 7.89. The van der Waals surface area contributed by atoms with Gasteiger partial charge in [0.25, 0.3) is 0 Å². The van der Waals surface area contributed by atoms with Gasteiger partial charge in [-0.05, 0) is 36.4 Å². The second-order valence-corrected chi connectivity index (χ2v) is 6.41. The van der Waals surface area contributed by atoms with E-state index in [0.29, 0.717) is 11.4 Å². The van der Waals surface area contributed by atoms with Crippen molar-refractivity contribution in [2.24, 2.45) is 0 Å². The predicted octanol–water partition coefficient (Wildman–Crippen LogP) is 1.59. The minimum Gasteiger partial charge on any atom is -0.497 e. The van der Waals surface area contributed by atoms with Crippen molar-refractivity contribution in [1.82, 2.24) is 9.71 Å². The molecule has 0 atom stereocenters. The molecular weight excluding hydrogens is 304 g/mol. The van der Waals surface area contributed by atoms with E-state index in [9.17, 15) is 8.42 Å². The Morgan fingerprint density at radius 3 is 2.45 bits per heavy atom. The Morgan fingerprint density at radius 2 is 1.82 bits per heavy atom. The summed E-state index contributed by atoms with van der Waals surface area (Å²) in [4.78, 5) is 4.06. The number of rotatable bonds is 8. The molecule has 0 aliphatic rings. The van der Waals surface area contributed by atoms with E-state index in [-0.39, 0.29) is 18.9 Å². The van der Waals surface area contributed by atoms with Crippen molar-refractivity contribution in [1.29, 1.82) is 0 Å². The van der Waals surface area contributed by atoms with E-state index in [0.717, 1.165) is 5.75 Å². The van der Waals surface area contributed by atoms with Crippen LogP contribution in [0.15, 0.2) is 48.7 Å². The van der Waals surface area contributed by atoms with Crippen molar-refractivity contribution in [2.75, 3.05) is 19.5 Å². The van der Waals surface area contributed by atoms with Crippen molar-refractivity contribution in [3.05, 3.63) is 54.4 Å². The lowest BCUT2D eigenvalue weighted by molar-refractivity contribution is 0.339. The number of sulfonamides is 1. The zero-order chi connectivity index (χ0) is 15.8. The van der Waals surface area contributed by atoms with Crippen LogP contribution in [0.4, 0.5) is 0 Å². The molecule has 118 valence electrons. The number of nitrogens with one attached hydrogen (secondary N) is 1. The largest absolute Gasteiger partial charge is 0.497 e. The molecule has 0 saturated heterocycles. The van der Waals surface area contributed by atoms with E-state index >= 15 is 0 Å². The summed E-state index contributed by atoms with van der Waals surface area (Å²) < 4.78 is 36.6. The van der Waals surface area contributed by atoms with Crippen molar-refractivity contribution in [2.45, 2.75) is 6.54 Å². The summed E-state index contributed by atoms with van der Waals surface area (Å²) in [6.07, 6.45) is 1.62. The molecule has 0 aliphatic carbocycles. The second-order valence-electron chi connectivity index (χ2n) is 4.49. The van der Waals surface area contributed by atoms with Gasteiger partial charge >= 0.3 is 0 Å². The van der Waals surface area contributed by atoms with Crippen molar-refractivity contribution in [3.63, 3.8) is 0 Å². The number of aromatic nitrogens is 1. The maximum atomic E-state index is 11.9. The third kappa shape index (κ3) is 5.34. The first-order valence-corrected chi connectivity index (χ1v) is 8.38. The summed E-state index contributed by atoms with van der Waals surface area (Å²) in [5, 5.41) is 0. The van der Waals surface area contributed by atoms with Gasteiger partial charge < -0.3 is 9.47 Å². The van der Waals surface area contributed by atoms with E-state index in [1.54, 1.807) is 49.7 Å². The van der Waals surface area contributed by atoms with Crippen molar-refractivity contribution in [3.8, 4) is 11.5 Å². The fourth-order valence-electron chi connectivity index (χ4n) is 1.70. The first-order valence-electron chi connectivity index (χ1n) is 6.73. The number of ether oxygens (including phenoxy) is 2. The molecule has 2 rings (SSSR count). The Balaban J connectivity index is 1.77. The maximum absolute atomic E-state index is 11.9. The van der Waals surface area contributed by atoms with Gasteiger partial charge in [-0.3, -0.25) is 4.98 Å². The van der Waals surface area contributed by atoms with Gasteiger partial charge in [0.05, 0.1) is 25.1 Å². The number of nitrogens with zero attached hydrogens (tertiary/aromatic N) is 1. The monoisotopic (exact) mass is 322 g/mol. The molecule has 1 heterocycles. The molecule has 1 aromatic carbocycles. The molecule has 1 aromatic heterocycles. The molecule has 0 amide bonds. The van der Waals surface area contributed by atoms with Crippen LogP contribution < -0.4 is 14.2 Å². The molecule has 0 saturated carbocycles. The quantitative estimate of drug-likeness (QED) is 0.798. The van der Waals surface area contributed by atoms with Crippen molar-refractivity contribution < 1.29 is 17.9 Å². The average molecular weight is 322 g/mol. The van der Waals surface area contributed by atoms with Gasteiger partial charge in [0.1, 0.15) is 18.1 Å². The fourth-order valence-corrected chi connectivity index (χ4v) is 2.51. The third-order valence-electron chi connectivity index (χ3n) is 2.88. The SMILES string of the molecule is COc1ccc(OCCS(=O)(=O)NCc2ccccn2)cc1. The standard InChI is InChI=1S/C15H18N2O4S/c1-20-14-5-7-15(8-6-14)21-10-11-22(18,19)17-12-13-4-2-3-9-16-13/h2-9,17H,10-12H2,1H3. The van der Waals surface area contributed by atoms with Gasteiger partial charge in [-0.1, -0.05) is 6.07 Å². The molecule has 1 N–H and O–H groups in total. The zero-order valence-electron chi connectivity index (χ0n) is 12.2. The van der Waals surface area contributed by atoms with Crippen LogP contribution in [0, 0.1) is 0 Å². The molecular formula is C15H18N2O4S. The van der Waals surface area contributed by atoms with Gasteiger partial charge in [0.15, 0.2) is 0 Å². The average Bonchev–Trinajstić information content (AvgIpc) is 2.55. The van der Waals surface area contributed by atoms with E-state index in [4.69, 9.17) is 9.47 Å². The summed E-state index contributed by atoms with van der Waals surface area (Å²) in [6.45, 7) is 0.246. The smallest absolute Gasteiger partial charge is 0.215 e. The summed E-state index contributed by atoms with van der Waals surface area (Å²) in [5.41, 5.74) is 0.669. The molecule has 0 unspecified atom stereocenters. The Hall–Kier alpha value is -2.12. The van der Waals surface area contributed by atoms with E-state index in [2.05, 4.69) is 9.71 Å². The fraction of sp³-hybridized carbons (Fsp3) is 0.267. The molecule has 0 radical (unpaired) electrons. The molecule has 6 nitrogen and oxygen atoms in total. The zero-order valence-corrected chi connectivity index (χ0v) is 13.0. The topological polar surface area (TPSA) is 77.5 Å². The van der Waals surface area contributed by atoms with E-state index < -0.39 is 10.0 Å². The highest BCUT2D eigenvalue weighted by Gasteiger charge is 2.10. The maximum Gasteiger partial charge on any atom is 0.215 e. The van der Waals surface area contributed by atoms with Crippen LogP contribution in [0.2, 0.25) is 0 Å². The molecule has 2 aromatic rings. The summed E-state index contributed by atoms with van der Waals surface area (Å²) in [7, 11) is -1.82. The highest BCUT2D eigenvalue weighted by atomic mass is 32.2. The number of pyridine rings is 1. The Labute approximate surface area is 130 Å². The first kappa shape index (κ1) is 16.3. The number of hydrogen-bond acceptors (Lipinski definition) is 5. The Bertz CT molecular complexity index is 672. The molecule has 0 spiro atoms. The van der Waals surface area contributed by atoms with Gasteiger partial charge in [-0.15, -0.1) is 0 Å². The van der Waals surface area contributed by atoms with E-state index in [1.165, 1.54) is 0 Å². The Kier molecular flexibility index (Phi) is 5.74. The van der Waals surface area contributed by atoms with Crippen LogP contribution >= 0.6 is 0 Å². The van der Waals surface area contributed by atoms with Crippen LogP contribution in [0.5, 0.6) is 11.5 Å². The lowest BCUT2D eigenvalue weighted by Crippen LogP contribution is -2.28. The molecule has 7 heteroatoms. The van der Waals surface area contributed by atoms with Crippen LogP contribution in [0.1, 0.15) is 5.69 Å². The predicted molar refractivity (Wildman–Crippen MR) is 83.4 cm³/mol.